The van der Waals surface area contributed by atoms with Crippen LogP contribution in [0.25, 0.3) is 0 Å². The van der Waals surface area contributed by atoms with E-state index in [2.05, 4.69) is 11.3 Å². The lowest BCUT2D eigenvalue weighted by molar-refractivity contribution is 0.144. The van der Waals surface area contributed by atoms with Crippen LogP contribution in [0.5, 0.6) is 0 Å². The number of amidine groups is 1. The lowest BCUT2D eigenvalue weighted by atomic mass is 10.3. The summed E-state index contributed by atoms with van der Waals surface area (Å²) in [5.41, 5.74) is 0. The lowest BCUT2D eigenvalue weighted by Gasteiger charge is -2.28. The number of amides is 4. The predicted octanol–water partition coefficient (Wildman–Crippen LogP) is 3.04. The van der Waals surface area contributed by atoms with Gasteiger partial charge < -0.3 is 9.64 Å². The molecule has 0 aliphatic rings. The average Bonchev–Trinajstić information content (AvgIpc) is 2.48. The normalized spacial score (nSPS) is 11.3. The zero-order chi connectivity index (χ0) is 17.1. The van der Waals surface area contributed by atoms with E-state index in [1.165, 1.54) is 4.90 Å². The van der Waals surface area contributed by atoms with E-state index in [0.717, 1.165) is 16.8 Å². The van der Waals surface area contributed by atoms with Gasteiger partial charge in [-0.1, -0.05) is 13.0 Å². The number of hydrogen-bond donors (Lipinski definition) is 2. The summed E-state index contributed by atoms with van der Waals surface area (Å²) in [6.45, 7) is 11.7. The fourth-order valence-electron chi connectivity index (χ4n) is 1.44. The van der Waals surface area contributed by atoms with E-state index in [0.29, 0.717) is 25.3 Å². The van der Waals surface area contributed by atoms with Gasteiger partial charge in [-0.25, -0.2) is 9.59 Å². The van der Waals surface area contributed by atoms with E-state index in [1.807, 2.05) is 20.8 Å². The van der Waals surface area contributed by atoms with Crippen molar-refractivity contribution in [2.24, 2.45) is 0 Å². The molecule has 0 saturated heterocycles. The van der Waals surface area contributed by atoms with Gasteiger partial charge in [0.05, 0.1) is 6.10 Å². The number of nitrogens with one attached hydrogen (secondary N) is 2. The first-order valence-corrected chi connectivity index (χ1v) is 8.28. The number of carbonyl (C=O) groups excluding carboxylic acids is 2. The van der Waals surface area contributed by atoms with Crippen LogP contribution in [0.4, 0.5) is 9.59 Å². The number of hydrogen-bond acceptors (Lipinski definition) is 5. The maximum Gasteiger partial charge on any atom is 0.343 e. The molecule has 0 heterocycles. The molecule has 22 heavy (non-hydrogen) atoms. The van der Waals surface area contributed by atoms with Crippen molar-refractivity contribution in [3.05, 3.63) is 12.7 Å². The molecule has 0 aromatic heterocycles. The molecule has 0 aliphatic carbocycles. The zero-order valence-electron chi connectivity index (χ0n) is 13.7. The standard InChI is InChI=1S/C14H26N4O3S/c1-6-10-22-16-13(19)18(12(15)21-11(5)7-2)14(20)17(8-3)9-4/h6,11,15H,1,7-10H2,2-5H3,(H,16,19). The zero-order valence-corrected chi connectivity index (χ0v) is 14.5. The number of urea groups is 2. The van der Waals surface area contributed by atoms with Gasteiger partial charge in [0.1, 0.15) is 0 Å². The van der Waals surface area contributed by atoms with Crippen LogP contribution in [0.2, 0.25) is 0 Å². The van der Waals surface area contributed by atoms with Gasteiger partial charge in [-0.2, -0.15) is 4.90 Å². The number of ether oxygens (including phenoxy) is 1. The minimum absolute atomic E-state index is 0.256. The van der Waals surface area contributed by atoms with Crippen molar-refractivity contribution in [1.82, 2.24) is 14.5 Å². The van der Waals surface area contributed by atoms with Gasteiger partial charge in [-0.3, -0.25) is 10.1 Å². The van der Waals surface area contributed by atoms with Crippen LogP contribution < -0.4 is 4.72 Å². The summed E-state index contributed by atoms with van der Waals surface area (Å²) >= 11 is 1.09. The molecule has 7 nitrogen and oxygen atoms in total. The van der Waals surface area contributed by atoms with Gasteiger partial charge in [0.2, 0.25) is 0 Å². The van der Waals surface area contributed by atoms with Crippen molar-refractivity contribution < 1.29 is 14.3 Å². The predicted molar refractivity (Wildman–Crippen MR) is 89.9 cm³/mol. The van der Waals surface area contributed by atoms with Crippen LogP contribution in [-0.2, 0) is 4.74 Å². The molecule has 8 heteroatoms. The van der Waals surface area contributed by atoms with Crippen LogP contribution in [0, 0.1) is 5.41 Å². The first kappa shape index (κ1) is 20.3. The second-order valence-electron chi connectivity index (χ2n) is 4.44. The number of imide groups is 1. The molecule has 1 unspecified atom stereocenters. The van der Waals surface area contributed by atoms with E-state index >= 15 is 0 Å². The molecule has 1 atom stereocenters. The Morgan fingerprint density at radius 1 is 1.36 bits per heavy atom. The molecule has 0 aromatic carbocycles. The summed E-state index contributed by atoms with van der Waals surface area (Å²) in [6, 6.07) is -1.74. The molecule has 4 amide bonds. The highest BCUT2D eigenvalue weighted by Crippen LogP contribution is 2.07. The minimum atomic E-state index is -0.697. The Morgan fingerprint density at radius 2 is 1.95 bits per heavy atom. The monoisotopic (exact) mass is 330 g/mol. The van der Waals surface area contributed by atoms with E-state index in [4.69, 9.17) is 10.1 Å². The molecule has 0 fully saturated rings. The Hall–Kier alpha value is -1.70. The number of rotatable bonds is 7. The summed E-state index contributed by atoms with van der Waals surface area (Å²) in [5, 5.41) is 7.93. The van der Waals surface area contributed by atoms with Crippen molar-refractivity contribution in [2.45, 2.75) is 40.2 Å². The largest absolute Gasteiger partial charge is 0.462 e. The van der Waals surface area contributed by atoms with Crippen molar-refractivity contribution in [3.63, 3.8) is 0 Å². The molecule has 0 rings (SSSR count). The molecular formula is C14H26N4O3S. The Labute approximate surface area is 136 Å². The molecule has 0 saturated carbocycles. The summed E-state index contributed by atoms with van der Waals surface area (Å²) in [5.74, 6) is 0.499. The number of nitrogens with zero attached hydrogens (tertiary/aromatic N) is 2. The maximum atomic E-state index is 12.4. The summed E-state index contributed by atoms with van der Waals surface area (Å²) in [6.07, 6.45) is 2.04. The quantitative estimate of drug-likeness (QED) is 0.247. The highest BCUT2D eigenvalue weighted by molar-refractivity contribution is 7.98. The molecule has 0 aromatic rings. The van der Waals surface area contributed by atoms with E-state index in [-0.39, 0.29) is 6.10 Å². The minimum Gasteiger partial charge on any atom is -0.462 e. The van der Waals surface area contributed by atoms with Crippen LogP contribution >= 0.6 is 11.9 Å². The number of carbonyl (C=O) groups is 2. The third-order valence-corrected chi connectivity index (χ3v) is 3.60. The van der Waals surface area contributed by atoms with Crippen LogP contribution in [0.3, 0.4) is 0 Å². The lowest BCUT2D eigenvalue weighted by Crippen LogP contribution is -2.52. The van der Waals surface area contributed by atoms with Gasteiger partial charge in [0.15, 0.2) is 0 Å². The Balaban J connectivity index is 5.11. The fourth-order valence-corrected chi connectivity index (χ4v) is 1.85. The molecule has 0 bridgehead atoms. The smallest absolute Gasteiger partial charge is 0.343 e. The Kier molecular flexibility index (Phi) is 10.1. The SMILES string of the molecule is C=CCSNC(=O)N(C(=N)OC(C)CC)C(=O)N(CC)CC. The van der Waals surface area contributed by atoms with E-state index < -0.39 is 18.1 Å². The molecular weight excluding hydrogens is 304 g/mol. The summed E-state index contributed by atoms with van der Waals surface area (Å²) in [4.78, 5) is 26.8. The fraction of sp³-hybridized carbons (Fsp3) is 0.643. The van der Waals surface area contributed by atoms with E-state index in [9.17, 15) is 9.59 Å². The van der Waals surface area contributed by atoms with Crippen molar-refractivity contribution in [1.29, 1.82) is 5.41 Å². The second-order valence-corrected chi connectivity index (χ2v) is 5.27. The van der Waals surface area contributed by atoms with Gasteiger partial charge in [0.25, 0.3) is 0 Å². The second kappa shape index (κ2) is 10.9. The maximum absolute atomic E-state index is 12.4. The highest BCUT2D eigenvalue weighted by Gasteiger charge is 2.31. The summed E-state index contributed by atoms with van der Waals surface area (Å²) < 4.78 is 7.82. The van der Waals surface area contributed by atoms with Gasteiger partial charge in [-0.05, 0) is 39.1 Å². The molecule has 0 radical (unpaired) electrons. The van der Waals surface area contributed by atoms with Crippen LogP contribution in [0.15, 0.2) is 12.7 Å². The first-order chi connectivity index (χ1) is 10.4. The third kappa shape index (κ3) is 6.38. The van der Waals surface area contributed by atoms with Crippen molar-refractivity contribution in [2.75, 3.05) is 18.8 Å². The van der Waals surface area contributed by atoms with Gasteiger partial charge in [-0.15, -0.1) is 6.58 Å². The Bertz CT molecular complexity index is 400. The Morgan fingerprint density at radius 3 is 2.41 bits per heavy atom. The highest BCUT2D eigenvalue weighted by atomic mass is 32.2. The molecule has 0 aliphatic heterocycles. The summed E-state index contributed by atoms with van der Waals surface area (Å²) in [7, 11) is 0. The molecule has 2 N–H and O–H groups in total. The van der Waals surface area contributed by atoms with E-state index in [1.54, 1.807) is 13.0 Å². The van der Waals surface area contributed by atoms with Gasteiger partial charge in [0, 0.05) is 18.8 Å². The third-order valence-electron chi connectivity index (χ3n) is 2.88. The van der Waals surface area contributed by atoms with Crippen molar-refractivity contribution >= 4 is 30.0 Å². The average molecular weight is 330 g/mol. The van der Waals surface area contributed by atoms with Crippen molar-refractivity contribution in [3.8, 4) is 0 Å². The molecule has 126 valence electrons. The van der Waals surface area contributed by atoms with Crippen LogP contribution in [-0.4, -0.2) is 52.8 Å². The molecule has 0 spiro atoms. The topological polar surface area (TPSA) is 85.7 Å². The van der Waals surface area contributed by atoms with Gasteiger partial charge >= 0.3 is 18.1 Å². The van der Waals surface area contributed by atoms with Crippen LogP contribution in [0.1, 0.15) is 34.1 Å². The first-order valence-electron chi connectivity index (χ1n) is 7.29.